The third-order valence-corrected chi connectivity index (χ3v) is 4.55. The summed E-state index contributed by atoms with van der Waals surface area (Å²) in [6.45, 7) is 4.35. The molecule has 0 aliphatic carbocycles. The smallest absolute Gasteiger partial charge is 0.271 e. The normalized spacial score (nSPS) is 10.6. The van der Waals surface area contributed by atoms with E-state index in [2.05, 4.69) is 17.1 Å². The van der Waals surface area contributed by atoms with Crippen LogP contribution in [0.15, 0.2) is 84.5 Å². The van der Waals surface area contributed by atoms with Gasteiger partial charge in [0.1, 0.15) is 19.0 Å². The SMILES string of the molecule is C=CCOc1ccc(C(=O)N/N=C/c2cccc(OCc3cccc(Cl)c3)c2)cc1OC. The van der Waals surface area contributed by atoms with Crippen LogP contribution in [0.5, 0.6) is 17.2 Å². The summed E-state index contributed by atoms with van der Waals surface area (Å²) in [6, 6.07) is 19.8. The Labute approximate surface area is 192 Å². The summed E-state index contributed by atoms with van der Waals surface area (Å²) in [5, 5.41) is 4.70. The number of methoxy groups -OCH3 is 1. The van der Waals surface area contributed by atoms with E-state index in [1.54, 1.807) is 30.5 Å². The standard InChI is InChI=1S/C25H23ClN2O4/c1-3-12-31-23-11-10-20(15-24(23)30-2)25(29)28-27-16-18-6-5-9-22(14-18)32-17-19-7-4-8-21(26)13-19/h3-11,13-16H,1,12,17H2,2H3,(H,28,29)/b27-16+. The molecule has 0 fully saturated rings. The molecule has 3 aromatic carbocycles. The average molecular weight is 451 g/mol. The number of nitrogens with one attached hydrogen (secondary N) is 1. The molecule has 0 heterocycles. The van der Waals surface area contributed by atoms with Gasteiger partial charge in [0.25, 0.3) is 5.91 Å². The van der Waals surface area contributed by atoms with Gasteiger partial charge in [0, 0.05) is 10.6 Å². The molecular formula is C25H23ClN2O4. The van der Waals surface area contributed by atoms with Crippen molar-refractivity contribution in [1.29, 1.82) is 0 Å². The second kappa shape index (κ2) is 11.6. The second-order valence-electron chi connectivity index (χ2n) is 6.66. The van der Waals surface area contributed by atoms with Crippen molar-refractivity contribution in [2.24, 2.45) is 5.10 Å². The van der Waals surface area contributed by atoms with Gasteiger partial charge in [-0.15, -0.1) is 0 Å². The van der Waals surface area contributed by atoms with Gasteiger partial charge in [-0.1, -0.05) is 48.5 Å². The highest BCUT2D eigenvalue weighted by Crippen LogP contribution is 2.28. The molecule has 32 heavy (non-hydrogen) atoms. The zero-order chi connectivity index (χ0) is 22.8. The maximum atomic E-state index is 12.4. The number of hydrazone groups is 1. The number of ether oxygens (including phenoxy) is 3. The van der Waals surface area contributed by atoms with Crippen molar-refractivity contribution in [3.8, 4) is 17.2 Å². The predicted molar refractivity (Wildman–Crippen MR) is 126 cm³/mol. The molecule has 3 aromatic rings. The number of amides is 1. The number of benzene rings is 3. The first-order chi connectivity index (χ1) is 15.6. The van der Waals surface area contributed by atoms with Gasteiger partial charge in [-0.25, -0.2) is 5.43 Å². The number of carbonyl (C=O) groups is 1. The summed E-state index contributed by atoms with van der Waals surface area (Å²) in [6.07, 6.45) is 3.18. The summed E-state index contributed by atoms with van der Waals surface area (Å²) >= 11 is 6.00. The molecule has 0 radical (unpaired) electrons. The Morgan fingerprint density at radius 2 is 1.91 bits per heavy atom. The van der Waals surface area contributed by atoms with Gasteiger partial charge < -0.3 is 14.2 Å². The highest BCUT2D eigenvalue weighted by Gasteiger charge is 2.10. The van der Waals surface area contributed by atoms with Crippen LogP contribution in [-0.4, -0.2) is 25.8 Å². The lowest BCUT2D eigenvalue weighted by Gasteiger charge is -2.10. The molecule has 0 aromatic heterocycles. The first kappa shape index (κ1) is 22.9. The lowest BCUT2D eigenvalue weighted by atomic mass is 10.2. The molecule has 1 amide bonds. The summed E-state index contributed by atoms with van der Waals surface area (Å²) < 4.78 is 16.6. The molecule has 0 saturated heterocycles. The van der Waals surface area contributed by atoms with Gasteiger partial charge in [0.2, 0.25) is 0 Å². The fourth-order valence-corrected chi connectivity index (χ4v) is 3.00. The lowest BCUT2D eigenvalue weighted by Crippen LogP contribution is -2.17. The van der Waals surface area contributed by atoms with E-state index in [9.17, 15) is 4.79 Å². The average Bonchev–Trinajstić information content (AvgIpc) is 2.81. The van der Waals surface area contributed by atoms with E-state index in [1.165, 1.54) is 7.11 Å². The van der Waals surface area contributed by atoms with Crippen molar-refractivity contribution < 1.29 is 19.0 Å². The molecule has 0 unspecified atom stereocenters. The van der Waals surface area contributed by atoms with Gasteiger partial charge in [-0.3, -0.25) is 4.79 Å². The van der Waals surface area contributed by atoms with E-state index >= 15 is 0 Å². The molecule has 164 valence electrons. The Balaban J connectivity index is 1.59. The first-order valence-corrected chi connectivity index (χ1v) is 10.2. The highest BCUT2D eigenvalue weighted by molar-refractivity contribution is 6.30. The maximum absolute atomic E-state index is 12.4. The van der Waals surface area contributed by atoms with Crippen molar-refractivity contribution in [3.05, 3.63) is 101 Å². The second-order valence-corrected chi connectivity index (χ2v) is 7.09. The predicted octanol–water partition coefficient (Wildman–Crippen LogP) is 5.26. The van der Waals surface area contributed by atoms with E-state index in [1.807, 2.05) is 48.5 Å². The first-order valence-electron chi connectivity index (χ1n) is 9.81. The third-order valence-electron chi connectivity index (χ3n) is 4.31. The minimum Gasteiger partial charge on any atom is -0.493 e. The summed E-state index contributed by atoms with van der Waals surface area (Å²) in [5.41, 5.74) is 4.65. The van der Waals surface area contributed by atoms with Crippen LogP contribution in [0.3, 0.4) is 0 Å². The van der Waals surface area contributed by atoms with Crippen molar-refractivity contribution in [3.63, 3.8) is 0 Å². The van der Waals surface area contributed by atoms with Crippen molar-refractivity contribution in [2.75, 3.05) is 13.7 Å². The van der Waals surface area contributed by atoms with Gasteiger partial charge in [0.05, 0.1) is 13.3 Å². The summed E-state index contributed by atoms with van der Waals surface area (Å²) in [4.78, 5) is 12.4. The molecular weight excluding hydrogens is 428 g/mol. The Bertz CT molecular complexity index is 1110. The van der Waals surface area contributed by atoms with E-state index in [4.69, 9.17) is 25.8 Å². The molecule has 0 atom stereocenters. The number of hydrogen-bond donors (Lipinski definition) is 1. The van der Waals surface area contributed by atoms with Crippen LogP contribution < -0.4 is 19.6 Å². The molecule has 3 rings (SSSR count). The molecule has 7 heteroatoms. The third kappa shape index (κ3) is 6.62. The molecule has 0 bridgehead atoms. The lowest BCUT2D eigenvalue weighted by molar-refractivity contribution is 0.0954. The quantitative estimate of drug-likeness (QED) is 0.260. The molecule has 0 aliphatic rings. The van der Waals surface area contributed by atoms with Crippen molar-refractivity contribution in [1.82, 2.24) is 5.43 Å². The van der Waals surface area contributed by atoms with Crippen LogP contribution in [0, 0.1) is 0 Å². The van der Waals surface area contributed by atoms with E-state index < -0.39 is 0 Å². The Hall–Kier alpha value is -3.77. The Morgan fingerprint density at radius 3 is 2.69 bits per heavy atom. The van der Waals surface area contributed by atoms with E-state index in [0.29, 0.717) is 41.0 Å². The van der Waals surface area contributed by atoms with Gasteiger partial charge in [0.15, 0.2) is 11.5 Å². The summed E-state index contributed by atoms with van der Waals surface area (Å²) in [5.74, 6) is 1.29. The topological polar surface area (TPSA) is 69.2 Å². The zero-order valence-electron chi connectivity index (χ0n) is 17.6. The van der Waals surface area contributed by atoms with Crippen LogP contribution >= 0.6 is 11.6 Å². The van der Waals surface area contributed by atoms with Gasteiger partial charge in [-0.05, 0) is 53.6 Å². The monoisotopic (exact) mass is 450 g/mol. The fourth-order valence-electron chi connectivity index (χ4n) is 2.78. The van der Waals surface area contributed by atoms with Crippen LogP contribution in [0.4, 0.5) is 0 Å². The Morgan fingerprint density at radius 1 is 1.06 bits per heavy atom. The maximum Gasteiger partial charge on any atom is 0.271 e. The minimum atomic E-state index is -0.372. The van der Waals surface area contributed by atoms with Crippen molar-refractivity contribution in [2.45, 2.75) is 6.61 Å². The fraction of sp³-hybridized carbons (Fsp3) is 0.120. The molecule has 0 spiro atoms. The van der Waals surface area contributed by atoms with Crippen LogP contribution in [-0.2, 0) is 6.61 Å². The number of halogens is 1. The zero-order valence-corrected chi connectivity index (χ0v) is 18.3. The van der Waals surface area contributed by atoms with Crippen LogP contribution in [0.1, 0.15) is 21.5 Å². The molecule has 0 saturated carbocycles. The van der Waals surface area contributed by atoms with Gasteiger partial charge in [-0.2, -0.15) is 5.10 Å². The minimum absolute atomic E-state index is 0.341. The molecule has 6 nitrogen and oxygen atoms in total. The highest BCUT2D eigenvalue weighted by atomic mass is 35.5. The largest absolute Gasteiger partial charge is 0.493 e. The number of carbonyl (C=O) groups excluding carboxylic acids is 1. The molecule has 1 N–H and O–H groups in total. The number of hydrogen-bond acceptors (Lipinski definition) is 5. The van der Waals surface area contributed by atoms with Crippen LogP contribution in [0.2, 0.25) is 5.02 Å². The number of nitrogens with zero attached hydrogens (tertiary/aromatic N) is 1. The Kier molecular flexibility index (Phi) is 8.29. The summed E-state index contributed by atoms with van der Waals surface area (Å²) in [7, 11) is 1.51. The van der Waals surface area contributed by atoms with Crippen molar-refractivity contribution >= 4 is 23.7 Å². The number of rotatable bonds is 10. The molecule has 0 aliphatic heterocycles. The van der Waals surface area contributed by atoms with Crippen LogP contribution in [0.25, 0.3) is 0 Å². The van der Waals surface area contributed by atoms with E-state index in [-0.39, 0.29) is 5.91 Å². The van der Waals surface area contributed by atoms with Gasteiger partial charge >= 0.3 is 0 Å². The van der Waals surface area contributed by atoms with E-state index in [0.717, 1.165) is 11.1 Å².